The predicted molar refractivity (Wildman–Crippen MR) is 60.3 cm³/mol. The van der Waals surface area contributed by atoms with Crippen molar-refractivity contribution in [1.29, 1.82) is 0 Å². The fourth-order valence-corrected chi connectivity index (χ4v) is 1.61. The predicted octanol–water partition coefficient (Wildman–Crippen LogP) is 1.65. The Morgan fingerprint density at radius 3 is 2.93 bits per heavy atom. The van der Waals surface area contributed by atoms with E-state index in [2.05, 4.69) is 4.98 Å². The van der Waals surface area contributed by atoms with Gasteiger partial charge in [0.05, 0.1) is 18.9 Å². The van der Waals surface area contributed by atoms with Crippen molar-refractivity contribution in [3.63, 3.8) is 0 Å². The molecule has 1 aromatic carbocycles. The second-order valence-corrected chi connectivity index (χ2v) is 3.55. The Kier molecular flexibility index (Phi) is 2.35. The molecule has 0 unspecified atom stereocenters. The van der Waals surface area contributed by atoms with Gasteiger partial charge >= 0.3 is 0 Å². The molecule has 0 saturated carbocycles. The van der Waals surface area contributed by atoms with E-state index in [1.807, 2.05) is 24.6 Å². The molecule has 2 aromatic rings. The number of aromatic nitrogens is 2. The number of imidazole rings is 1. The average molecular weight is 198 g/mol. The number of fused-ring (bicyclic) bond motifs is 1. The van der Waals surface area contributed by atoms with Crippen LogP contribution in [0, 0.1) is 6.92 Å². The topological polar surface area (TPSA) is 34.9 Å². The zero-order valence-corrected chi connectivity index (χ0v) is 8.82. The molecule has 74 valence electrons. The van der Waals surface area contributed by atoms with Crippen molar-refractivity contribution >= 4 is 24.7 Å². The first-order valence-corrected chi connectivity index (χ1v) is 4.80. The van der Waals surface area contributed by atoms with Crippen LogP contribution in [0.25, 0.3) is 11.0 Å². The summed E-state index contributed by atoms with van der Waals surface area (Å²) < 4.78 is 1.99. The fraction of sp³-hybridized carbons (Fsp3) is 0.273. The Bertz CT molecular complexity index is 531. The van der Waals surface area contributed by atoms with E-state index in [4.69, 9.17) is 7.85 Å². The normalized spacial score (nSPS) is 10.8. The van der Waals surface area contributed by atoms with Crippen molar-refractivity contribution in [2.75, 3.05) is 0 Å². The van der Waals surface area contributed by atoms with Gasteiger partial charge in [-0.15, -0.1) is 0 Å². The Hall–Kier alpha value is -1.58. The van der Waals surface area contributed by atoms with E-state index in [0.29, 0.717) is 5.56 Å². The summed E-state index contributed by atoms with van der Waals surface area (Å²) in [6.07, 6.45) is 0.0390. The van der Waals surface area contributed by atoms with Gasteiger partial charge in [-0.3, -0.25) is 4.79 Å². The lowest BCUT2D eigenvalue weighted by Crippen LogP contribution is -1.97. The lowest BCUT2D eigenvalue weighted by molar-refractivity contribution is 0.101. The molecule has 0 spiro atoms. The van der Waals surface area contributed by atoms with Gasteiger partial charge in [0.25, 0.3) is 0 Å². The van der Waals surface area contributed by atoms with E-state index >= 15 is 0 Å². The highest BCUT2D eigenvalue weighted by atomic mass is 16.1. The molecule has 0 fully saturated rings. The summed E-state index contributed by atoms with van der Waals surface area (Å²) in [7, 11) is 7.26. The average Bonchev–Trinajstić information content (AvgIpc) is 2.53. The second kappa shape index (κ2) is 3.53. The molecule has 0 amide bonds. The van der Waals surface area contributed by atoms with Gasteiger partial charge in [-0.2, -0.15) is 0 Å². The number of benzene rings is 1. The summed E-state index contributed by atoms with van der Waals surface area (Å²) in [6, 6.07) is 5.48. The van der Waals surface area contributed by atoms with Crippen LogP contribution in [0.3, 0.4) is 0 Å². The molecule has 2 radical (unpaired) electrons. The smallest absolute Gasteiger partial charge is 0.154 e. The molecule has 0 saturated heterocycles. The van der Waals surface area contributed by atoms with Crippen molar-refractivity contribution in [2.45, 2.75) is 13.2 Å². The molecule has 0 N–H and O–H groups in total. The highest BCUT2D eigenvalue weighted by Gasteiger charge is 2.07. The van der Waals surface area contributed by atoms with Crippen molar-refractivity contribution in [3.8, 4) is 0 Å². The summed E-state index contributed by atoms with van der Waals surface area (Å²) in [5.74, 6) is 0.877. The minimum atomic E-state index is -0.0554. The Balaban J connectivity index is 2.62. The van der Waals surface area contributed by atoms with E-state index in [9.17, 15) is 4.79 Å². The van der Waals surface area contributed by atoms with Gasteiger partial charge in [0.15, 0.2) is 5.78 Å². The van der Waals surface area contributed by atoms with Crippen LogP contribution in [-0.2, 0) is 7.05 Å². The molecule has 1 heterocycles. The highest BCUT2D eigenvalue weighted by Crippen LogP contribution is 2.17. The number of carbonyl (C=O) groups excluding carboxylic acids is 1. The molecular weight excluding hydrogens is 187 g/mol. The highest BCUT2D eigenvalue weighted by molar-refractivity contribution is 6.24. The number of aryl methyl sites for hydroxylation is 2. The Morgan fingerprint density at radius 1 is 1.53 bits per heavy atom. The fourth-order valence-electron chi connectivity index (χ4n) is 1.61. The number of hydrogen-bond acceptors (Lipinski definition) is 2. The van der Waals surface area contributed by atoms with Crippen molar-refractivity contribution in [2.24, 2.45) is 7.05 Å². The second-order valence-electron chi connectivity index (χ2n) is 3.55. The number of rotatable bonds is 2. The zero-order chi connectivity index (χ0) is 11.0. The van der Waals surface area contributed by atoms with Gasteiger partial charge in [0.1, 0.15) is 5.82 Å². The molecule has 1 aromatic heterocycles. The largest absolute Gasteiger partial charge is 0.331 e. The third-order valence-corrected chi connectivity index (χ3v) is 2.61. The summed E-state index contributed by atoms with van der Waals surface area (Å²) in [5, 5.41) is 0. The van der Waals surface area contributed by atoms with Crippen molar-refractivity contribution < 1.29 is 4.79 Å². The van der Waals surface area contributed by atoms with Crippen LogP contribution in [0.2, 0.25) is 6.32 Å². The monoisotopic (exact) mass is 198 g/mol. The van der Waals surface area contributed by atoms with E-state index in [1.165, 1.54) is 0 Å². The zero-order valence-electron chi connectivity index (χ0n) is 8.82. The molecule has 0 aliphatic carbocycles. The quantitative estimate of drug-likeness (QED) is 0.543. The molecule has 0 aliphatic rings. The number of nitrogens with zero attached hydrogens (tertiary/aromatic N) is 2. The molecule has 15 heavy (non-hydrogen) atoms. The molecule has 0 atom stereocenters. The van der Waals surface area contributed by atoms with Crippen LogP contribution in [0.5, 0.6) is 0 Å². The third-order valence-electron chi connectivity index (χ3n) is 2.61. The van der Waals surface area contributed by atoms with Gasteiger partial charge in [-0.05, 0) is 31.4 Å². The number of carbonyl (C=O) groups is 1. The first kappa shape index (κ1) is 9.96. The molecule has 4 heteroatoms. The van der Waals surface area contributed by atoms with Crippen LogP contribution in [0.1, 0.15) is 16.2 Å². The van der Waals surface area contributed by atoms with E-state index < -0.39 is 0 Å². The minimum absolute atomic E-state index is 0.0390. The maximum Gasteiger partial charge on any atom is 0.154 e. The first-order chi connectivity index (χ1) is 7.13. The van der Waals surface area contributed by atoms with Crippen molar-refractivity contribution in [1.82, 2.24) is 9.55 Å². The Labute approximate surface area is 89.5 Å². The van der Waals surface area contributed by atoms with E-state index in [-0.39, 0.29) is 12.1 Å². The van der Waals surface area contributed by atoms with Crippen LogP contribution >= 0.6 is 0 Å². The van der Waals surface area contributed by atoms with Crippen LogP contribution in [-0.4, -0.2) is 23.2 Å². The van der Waals surface area contributed by atoms with Gasteiger partial charge in [-0.25, -0.2) is 4.98 Å². The van der Waals surface area contributed by atoms with Crippen LogP contribution in [0.4, 0.5) is 0 Å². The first-order valence-electron chi connectivity index (χ1n) is 4.80. The molecule has 2 rings (SSSR count). The SMILES string of the molecule is [B]CC(=O)c1ccc2c(c1)nc(C)n2C. The minimum Gasteiger partial charge on any atom is -0.331 e. The Morgan fingerprint density at radius 2 is 2.27 bits per heavy atom. The standard InChI is InChI=1S/C11H11BN2O/c1-7-13-9-5-8(11(15)6-12)3-4-10(9)14(7)2/h3-5H,6H2,1-2H3. The summed E-state index contributed by atoms with van der Waals surface area (Å²) >= 11 is 0. The molecule has 0 bridgehead atoms. The van der Waals surface area contributed by atoms with Gasteiger partial charge < -0.3 is 4.57 Å². The van der Waals surface area contributed by atoms with Gasteiger partial charge in [-0.1, -0.05) is 0 Å². The maximum atomic E-state index is 11.4. The number of ketones is 1. The van der Waals surface area contributed by atoms with Crippen molar-refractivity contribution in [3.05, 3.63) is 29.6 Å². The number of hydrogen-bond donors (Lipinski definition) is 0. The summed E-state index contributed by atoms with van der Waals surface area (Å²) in [5.41, 5.74) is 2.50. The summed E-state index contributed by atoms with van der Waals surface area (Å²) in [4.78, 5) is 15.7. The molecule has 3 nitrogen and oxygen atoms in total. The lowest BCUT2D eigenvalue weighted by atomic mass is 9.96. The van der Waals surface area contributed by atoms with E-state index in [0.717, 1.165) is 16.9 Å². The van der Waals surface area contributed by atoms with Gasteiger partial charge in [0, 0.05) is 12.6 Å². The number of Topliss-reactive ketones (excluding diaryl/α,β-unsaturated/α-hetero) is 1. The third kappa shape index (κ3) is 1.56. The van der Waals surface area contributed by atoms with Crippen LogP contribution < -0.4 is 0 Å². The molecule has 0 aliphatic heterocycles. The lowest BCUT2D eigenvalue weighted by Gasteiger charge is -1.99. The summed E-state index contributed by atoms with van der Waals surface area (Å²) in [6.45, 7) is 1.93. The van der Waals surface area contributed by atoms with Gasteiger partial charge in [0.2, 0.25) is 0 Å². The maximum absolute atomic E-state index is 11.4. The van der Waals surface area contributed by atoms with E-state index in [1.54, 1.807) is 12.1 Å². The van der Waals surface area contributed by atoms with Crippen LogP contribution in [0.15, 0.2) is 18.2 Å². The molecular formula is C11H11BN2O.